The van der Waals surface area contributed by atoms with E-state index in [1.807, 2.05) is 0 Å². The van der Waals surface area contributed by atoms with Crippen LogP contribution in [0.5, 0.6) is 0 Å². The fourth-order valence-electron chi connectivity index (χ4n) is 1.33. The number of benzene rings is 1. The number of aromatic amines is 1. The number of sulfone groups is 1. The van der Waals surface area contributed by atoms with E-state index in [2.05, 4.69) is 52.4 Å². The second-order valence-corrected chi connectivity index (χ2v) is 5.40. The lowest BCUT2D eigenvalue weighted by molar-refractivity contribution is 0.594. The smallest absolute Gasteiger partial charge is 0.185 e. The van der Waals surface area contributed by atoms with Gasteiger partial charge in [0.15, 0.2) is 15.7 Å². The minimum Gasteiger partial charge on any atom is -0.263 e. The molecule has 0 saturated heterocycles. The zero-order chi connectivity index (χ0) is 13.6. The number of aryl methyl sites for hydroxylation is 1. The highest BCUT2D eigenvalue weighted by Gasteiger charge is 2.17. The van der Waals surface area contributed by atoms with E-state index in [0.29, 0.717) is 11.6 Å². The minimum absolute atomic E-state index is 0.179. The van der Waals surface area contributed by atoms with E-state index >= 15 is 0 Å². The monoisotopic (exact) mass is 491 g/mol. The first-order valence-corrected chi connectivity index (χ1v) is 12.8. The first kappa shape index (κ1) is 15.8. The fourth-order valence-corrected chi connectivity index (χ4v) is 2.54. The molecule has 1 aromatic heterocycles. The zero-order valence-electron chi connectivity index (χ0n) is 9.47. The SMILES string of the molecule is Cc1nc(CS(=O)(=O)c2ccccc2)n[nH]1.II. The Morgan fingerprint density at radius 2 is 1.83 bits per heavy atom. The van der Waals surface area contributed by atoms with Gasteiger partial charge in [-0.25, -0.2) is 13.4 Å². The molecule has 2 rings (SSSR count). The molecule has 0 bridgehead atoms. The molecule has 0 aliphatic heterocycles. The first-order chi connectivity index (χ1) is 8.58. The Morgan fingerprint density at radius 3 is 2.33 bits per heavy atom. The van der Waals surface area contributed by atoms with Crippen molar-refractivity contribution >= 4 is 47.1 Å². The third-order valence-corrected chi connectivity index (χ3v) is 3.69. The largest absolute Gasteiger partial charge is 0.263 e. The van der Waals surface area contributed by atoms with Gasteiger partial charge in [-0.05, 0) is 19.1 Å². The average molecular weight is 491 g/mol. The lowest BCUT2D eigenvalue weighted by Crippen LogP contribution is -2.06. The van der Waals surface area contributed by atoms with E-state index in [0.717, 1.165) is 0 Å². The molecule has 0 radical (unpaired) electrons. The fraction of sp³-hybridized carbons (Fsp3) is 0.200. The molecule has 0 spiro atoms. The Morgan fingerprint density at radius 1 is 1.22 bits per heavy atom. The average Bonchev–Trinajstić information content (AvgIpc) is 2.78. The number of H-pyrrole nitrogens is 1. The van der Waals surface area contributed by atoms with Gasteiger partial charge in [0, 0.05) is 37.2 Å². The lowest BCUT2D eigenvalue weighted by atomic mass is 10.4. The maximum Gasteiger partial charge on any atom is 0.185 e. The van der Waals surface area contributed by atoms with Gasteiger partial charge in [0.2, 0.25) is 0 Å². The van der Waals surface area contributed by atoms with Crippen LogP contribution in [0.2, 0.25) is 0 Å². The molecule has 98 valence electrons. The molecule has 1 heterocycles. The highest BCUT2D eigenvalue weighted by Crippen LogP contribution is 2.13. The number of nitrogens with one attached hydrogen (secondary N) is 1. The summed E-state index contributed by atoms with van der Waals surface area (Å²) in [4.78, 5) is 4.26. The summed E-state index contributed by atoms with van der Waals surface area (Å²) >= 11 is 4.24. The van der Waals surface area contributed by atoms with Crippen molar-refractivity contribution in [3.05, 3.63) is 42.0 Å². The third-order valence-electron chi connectivity index (χ3n) is 2.06. The Hall–Kier alpha value is -0.230. The molecular formula is C10H11I2N3O2S. The van der Waals surface area contributed by atoms with Crippen LogP contribution in [0, 0.1) is 6.92 Å². The number of halogens is 2. The summed E-state index contributed by atoms with van der Waals surface area (Å²) in [7, 11) is -3.34. The van der Waals surface area contributed by atoms with Crippen LogP contribution >= 0.6 is 37.2 Å². The van der Waals surface area contributed by atoms with Crippen molar-refractivity contribution in [1.82, 2.24) is 15.2 Å². The highest BCUT2D eigenvalue weighted by atomic mass is 128. The van der Waals surface area contributed by atoms with Crippen LogP contribution < -0.4 is 0 Å². The molecule has 0 atom stereocenters. The highest BCUT2D eigenvalue weighted by molar-refractivity contribution is 15.0. The van der Waals surface area contributed by atoms with Crippen molar-refractivity contribution in [2.45, 2.75) is 17.6 Å². The van der Waals surface area contributed by atoms with Crippen LogP contribution in [-0.4, -0.2) is 23.6 Å². The van der Waals surface area contributed by atoms with Gasteiger partial charge in [0.25, 0.3) is 0 Å². The van der Waals surface area contributed by atoms with Crippen LogP contribution in [0.1, 0.15) is 11.6 Å². The van der Waals surface area contributed by atoms with E-state index < -0.39 is 9.84 Å². The molecule has 0 aliphatic carbocycles. The predicted octanol–water partition coefficient (Wildman–Crippen LogP) is 2.86. The standard InChI is InChI=1S/C10H11N3O2S.I2/c1-8-11-10(13-12-8)7-16(14,15)9-5-3-2-4-6-9;1-2/h2-6H,7H2,1H3,(H,11,12,13);. The molecule has 0 amide bonds. The summed E-state index contributed by atoms with van der Waals surface area (Å²) in [6.07, 6.45) is 0. The van der Waals surface area contributed by atoms with Crippen LogP contribution in [0.3, 0.4) is 0 Å². The molecule has 5 nitrogen and oxygen atoms in total. The van der Waals surface area contributed by atoms with E-state index in [9.17, 15) is 8.42 Å². The predicted molar refractivity (Wildman–Crippen MR) is 86.5 cm³/mol. The van der Waals surface area contributed by atoms with Gasteiger partial charge in [-0.1, -0.05) is 18.2 Å². The van der Waals surface area contributed by atoms with Crippen molar-refractivity contribution in [2.75, 3.05) is 0 Å². The normalized spacial score (nSPS) is 10.6. The van der Waals surface area contributed by atoms with Gasteiger partial charge in [-0.3, -0.25) is 5.10 Å². The second-order valence-electron chi connectivity index (χ2n) is 3.41. The summed E-state index contributed by atoms with van der Waals surface area (Å²) < 4.78 is 23.8. The van der Waals surface area contributed by atoms with E-state index in [-0.39, 0.29) is 10.6 Å². The van der Waals surface area contributed by atoms with Gasteiger partial charge in [0.05, 0.1) is 4.90 Å². The van der Waals surface area contributed by atoms with Crippen LogP contribution in [0.4, 0.5) is 0 Å². The second kappa shape index (κ2) is 7.38. The zero-order valence-corrected chi connectivity index (χ0v) is 14.6. The van der Waals surface area contributed by atoms with E-state index in [4.69, 9.17) is 0 Å². The minimum atomic E-state index is -3.34. The van der Waals surface area contributed by atoms with E-state index in [1.165, 1.54) is 0 Å². The summed E-state index contributed by atoms with van der Waals surface area (Å²) in [6.45, 7) is 1.73. The summed E-state index contributed by atoms with van der Waals surface area (Å²) in [5.41, 5.74) is 0. The van der Waals surface area contributed by atoms with Gasteiger partial charge >= 0.3 is 0 Å². The van der Waals surface area contributed by atoms with E-state index in [1.54, 1.807) is 37.3 Å². The van der Waals surface area contributed by atoms with Crippen molar-refractivity contribution in [1.29, 1.82) is 0 Å². The van der Waals surface area contributed by atoms with Crippen molar-refractivity contribution < 1.29 is 8.42 Å². The number of aromatic nitrogens is 3. The Kier molecular flexibility index (Phi) is 6.49. The summed E-state index contributed by atoms with van der Waals surface area (Å²) in [5.74, 6) is 0.723. The maximum atomic E-state index is 11.9. The number of nitrogens with zero attached hydrogens (tertiary/aromatic N) is 2. The lowest BCUT2D eigenvalue weighted by Gasteiger charge is -2.00. The van der Waals surface area contributed by atoms with Crippen molar-refractivity contribution in [2.24, 2.45) is 0 Å². The van der Waals surface area contributed by atoms with Crippen LogP contribution in [0.25, 0.3) is 0 Å². The number of rotatable bonds is 3. The first-order valence-electron chi connectivity index (χ1n) is 4.88. The molecule has 2 aromatic rings. The molecule has 0 aliphatic rings. The molecule has 0 unspecified atom stereocenters. The van der Waals surface area contributed by atoms with Crippen molar-refractivity contribution in [3.63, 3.8) is 0 Å². The molecular weight excluding hydrogens is 480 g/mol. The Bertz CT molecular complexity index is 584. The van der Waals surface area contributed by atoms with Gasteiger partial charge in [0.1, 0.15) is 11.6 Å². The molecule has 0 fully saturated rings. The molecule has 1 N–H and O–H groups in total. The number of hydrogen-bond donors (Lipinski definition) is 1. The quantitative estimate of drug-likeness (QED) is 0.671. The van der Waals surface area contributed by atoms with Crippen LogP contribution in [0.15, 0.2) is 35.2 Å². The van der Waals surface area contributed by atoms with Crippen LogP contribution in [-0.2, 0) is 15.6 Å². The summed E-state index contributed by atoms with van der Waals surface area (Å²) in [6, 6.07) is 8.28. The Labute approximate surface area is 129 Å². The number of hydrogen-bond acceptors (Lipinski definition) is 4. The summed E-state index contributed by atoms with van der Waals surface area (Å²) in [5, 5.41) is 6.43. The molecule has 18 heavy (non-hydrogen) atoms. The molecule has 8 heteroatoms. The van der Waals surface area contributed by atoms with Gasteiger partial charge in [-0.2, -0.15) is 5.10 Å². The molecule has 0 saturated carbocycles. The maximum absolute atomic E-state index is 11.9. The Balaban J connectivity index is 0.000000771. The van der Waals surface area contributed by atoms with Crippen molar-refractivity contribution in [3.8, 4) is 0 Å². The topological polar surface area (TPSA) is 75.7 Å². The molecule has 1 aromatic carbocycles. The third kappa shape index (κ3) is 4.46. The van der Waals surface area contributed by atoms with Gasteiger partial charge < -0.3 is 0 Å². The van der Waals surface area contributed by atoms with Gasteiger partial charge in [-0.15, -0.1) is 0 Å².